The van der Waals surface area contributed by atoms with E-state index in [-0.39, 0.29) is 6.09 Å². The number of carbonyl (C=O) groups is 1. The number of carbonyl (C=O) groups excluding carboxylic acids is 1. The first kappa shape index (κ1) is 24.1. The summed E-state index contributed by atoms with van der Waals surface area (Å²) in [4.78, 5) is 28.7. The number of nitrogens with one attached hydrogen (secondary N) is 2. The van der Waals surface area contributed by atoms with Gasteiger partial charge in [0.25, 0.3) is 0 Å². The van der Waals surface area contributed by atoms with Crippen LogP contribution in [0.25, 0.3) is 10.6 Å². The minimum absolute atomic E-state index is 0.224. The predicted octanol–water partition coefficient (Wildman–Crippen LogP) is 5.14. The van der Waals surface area contributed by atoms with E-state index in [9.17, 15) is 4.79 Å². The van der Waals surface area contributed by atoms with E-state index in [1.165, 1.54) is 0 Å². The third-order valence-corrected chi connectivity index (χ3v) is 6.44. The number of pyridine rings is 2. The maximum Gasteiger partial charge on any atom is 0.410 e. The lowest BCUT2D eigenvalue weighted by Gasteiger charge is -2.33. The smallest absolute Gasteiger partial charge is 0.410 e. The number of thiazole rings is 1. The summed E-state index contributed by atoms with van der Waals surface area (Å²) in [5.74, 6) is 1.52. The second kappa shape index (κ2) is 10.5. The van der Waals surface area contributed by atoms with Gasteiger partial charge >= 0.3 is 6.09 Å². The van der Waals surface area contributed by atoms with Crippen LogP contribution < -0.4 is 10.6 Å². The quantitative estimate of drug-likeness (QED) is 0.505. The number of aryl methyl sites for hydroxylation is 1. The lowest BCUT2D eigenvalue weighted by atomic mass is 10.1. The predicted molar refractivity (Wildman–Crippen MR) is 135 cm³/mol. The third kappa shape index (κ3) is 6.74. The number of piperidine rings is 1. The van der Waals surface area contributed by atoms with Crippen LogP contribution in [0.2, 0.25) is 0 Å². The van der Waals surface area contributed by atoms with Crippen LogP contribution in [0.15, 0.2) is 42.7 Å². The molecule has 180 valence electrons. The van der Waals surface area contributed by atoms with Gasteiger partial charge in [-0.05, 0) is 70.4 Å². The molecular formula is C25H32N6O2S. The number of hydrogen-bond acceptors (Lipinski definition) is 8. The highest BCUT2D eigenvalue weighted by Crippen LogP contribution is 2.26. The Hall–Kier alpha value is -3.04. The number of nitrogens with zero attached hydrogens (tertiary/aromatic N) is 4. The lowest BCUT2D eigenvalue weighted by molar-refractivity contribution is 0.0198. The number of rotatable bonds is 6. The van der Waals surface area contributed by atoms with Crippen LogP contribution in [0.3, 0.4) is 0 Å². The molecule has 3 aromatic heterocycles. The molecular weight excluding hydrogens is 448 g/mol. The highest BCUT2D eigenvalue weighted by molar-refractivity contribution is 7.15. The maximum atomic E-state index is 12.2. The van der Waals surface area contributed by atoms with Crippen molar-refractivity contribution >= 4 is 29.1 Å². The fourth-order valence-corrected chi connectivity index (χ4v) is 4.55. The molecule has 1 fully saturated rings. The molecule has 0 unspecified atom stereocenters. The summed E-state index contributed by atoms with van der Waals surface area (Å²) >= 11 is 1.64. The van der Waals surface area contributed by atoms with E-state index >= 15 is 0 Å². The monoisotopic (exact) mass is 480 g/mol. The van der Waals surface area contributed by atoms with Crippen molar-refractivity contribution in [2.75, 3.05) is 18.4 Å². The Labute approximate surface area is 204 Å². The summed E-state index contributed by atoms with van der Waals surface area (Å²) in [5, 5.41) is 7.87. The van der Waals surface area contributed by atoms with Gasteiger partial charge in [0.15, 0.2) is 0 Å². The lowest BCUT2D eigenvalue weighted by Crippen LogP contribution is -2.46. The molecule has 3 aromatic rings. The van der Waals surface area contributed by atoms with Gasteiger partial charge in [-0.1, -0.05) is 6.07 Å². The fourth-order valence-electron chi connectivity index (χ4n) is 3.71. The molecule has 0 atom stereocenters. The van der Waals surface area contributed by atoms with Gasteiger partial charge in [0.1, 0.15) is 22.2 Å². The van der Waals surface area contributed by atoms with Crippen molar-refractivity contribution in [2.24, 2.45) is 0 Å². The van der Waals surface area contributed by atoms with E-state index in [0.29, 0.717) is 25.7 Å². The topological polar surface area (TPSA) is 92.3 Å². The largest absolute Gasteiger partial charge is 0.444 e. The standard InChI is InChI=1S/C25H32N6O2S/c1-17-8-11-26-22(14-17)30-21-7-5-6-19(29-21)20-15-28-23(34-20)16-27-18-9-12-31(13-10-18)24(32)33-25(2,3)4/h5-8,11,14-15,18,27H,9-10,12-13,16H2,1-4H3,(H,26,29,30). The van der Waals surface area contributed by atoms with Crippen LogP contribution >= 0.6 is 11.3 Å². The zero-order chi connectivity index (χ0) is 24.1. The van der Waals surface area contributed by atoms with Crippen molar-refractivity contribution in [3.05, 3.63) is 53.3 Å². The number of hydrogen-bond donors (Lipinski definition) is 2. The van der Waals surface area contributed by atoms with Gasteiger partial charge in [0.05, 0.1) is 10.6 Å². The molecule has 8 nitrogen and oxygen atoms in total. The molecule has 0 aliphatic carbocycles. The Morgan fingerprint density at radius 2 is 1.97 bits per heavy atom. The van der Waals surface area contributed by atoms with E-state index in [1.54, 1.807) is 22.4 Å². The number of anilines is 2. The van der Waals surface area contributed by atoms with Gasteiger partial charge in [0.2, 0.25) is 0 Å². The molecule has 0 spiro atoms. The summed E-state index contributed by atoms with van der Waals surface area (Å²) in [6.45, 7) is 9.83. The Bertz CT molecular complexity index is 1120. The highest BCUT2D eigenvalue weighted by atomic mass is 32.1. The van der Waals surface area contributed by atoms with E-state index in [1.807, 2.05) is 64.2 Å². The molecule has 1 aliphatic heterocycles. The van der Waals surface area contributed by atoms with Crippen LogP contribution in [0.4, 0.5) is 16.4 Å². The maximum absolute atomic E-state index is 12.2. The first-order valence-electron chi connectivity index (χ1n) is 11.6. The van der Waals surface area contributed by atoms with Crippen molar-refractivity contribution in [2.45, 2.75) is 58.7 Å². The molecule has 34 heavy (non-hydrogen) atoms. The summed E-state index contributed by atoms with van der Waals surface area (Å²) in [6.07, 6.45) is 5.24. The van der Waals surface area contributed by atoms with E-state index in [4.69, 9.17) is 9.72 Å². The minimum Gasteiger partial charge on any atom is -0.444 e. The van der Waals surface area contributed by atoms with Gasteiger partial charge < -0.3 is 20.3 Å². The molecule has 9 heteroatoms. The van der Waals surface area contributed by atoms with E-state index < -0.39 is 5.60 Å². The van der Waals surface area contributed by atoms with Crippen molar-refractivity contribution < 1.29 is 9.53 Å². The second-order valence-corrected chi connectivity index (χ2v) is 10.6. The average molecular weight is 481 g/mol. The van der Waals surface area contributed by atoms with Crippen LogP contribution in [-0.2, 0) is 11.3 Å². The Morgan fingerprint density at radius 3 is 2.71 bits per heavy atom. The normalized spacial score (nSPS) is 14.8. The number of ether oxygens (including phenoxy) is 1. The molecule has 2 N–H and O–H groups in total. The highest BCUT2D eigenvalue weighted by Gasteiger charge is 2.26. The van der Waals surface area contributed by atoms with Gasteiger partial charge in [-0.3, -0.25) is 0 Å². The van der Waals surface area contributed by atoms with Crippen LogP contribution in [0.1, 0.15) is 44.2 Å². The van der Waals surface area contributed by atoms with Gasteiger partial charge in [0, 0.05) is 38.1 Å². The molecule has 1 aliphatic rings. The molecule has 0 saturated carbocycles. The van der Waals surface area contributed by atoms with Crippen LogP contribution in [0, 0.1) is 6.92 Å². The summed E-state index contributed by atoms with van der Waals surface area (Å²) < 4.78 is 5.48. The number of amides is 1. The van der Waals surface area contributed by atoms with Crippen molar-refractivity contribution in [1.82, 2.24) is 25.2 Å². The zero-order valence-electron chi connectivity index (χ0n) is 20.2. The van der Waals surface area contributed by atoms with Crippen LogP contribution in [-0.4, -0.2) is 50.7 Å². The van der Waals surface area contributed by atoms with E-state index in [2.05, 4.69) is 20.6 Å². The van der Waals surface area contributed by atoms with Gasteiger partial charge in [-0.2, -0.15) is 0 Å². The van der Waals surface area contributed by atoms with Crippen molar-refractivity contribution in [3.8, 4) is 10.6 Å². The molecule has 1 amide bonds. The SMILES string of the molecule is Cc1ccnc(Nc2cccc(-c3cnc(CNC4CCN(C(=O)OC(C)(C)C)CC4)s3)n2)c1. The molecule has 0 aromatic carbocycles. The first-order chi connectivity index (χ1) is 16.2. The van der Waals surface area contributed by atoms with E-state index in [0.717, 1.165) is 45.6 Å². The Balaban J connectivity index is 1.29. The fraction of sp³-hybridized carbons (Fsp3) is 0.440. The zero-order valence-corrected chi connectivity index (χ0v) is 21.0. The third-order valence-electron chi connectivity index (χ3n) is 5.42. The molecule has 1 saturated heterocycles. The molecule has 0 radical (unpaired) electrons. The van der Waals surface area contributed by atoms with Crippen molar-refractivity contribution in [1.29, 1.82) is 0 Å². The summed E-state index contributed by atoms with van der Waals surface area (Å²) in [5.41, 5.74) is 1.56. The minimum atomic E-state index is -0.462. The average Bonchev–Trinajstić information content (AvgIpc) is 3.26. The summed E-state index contributed by atoms with van der Waals surface area (Å²) in [7, 11) is 0. The Kier molecular flexibility index (Phi) is 7.43. The summed E-state index contributed by atoms with van der Waals surface area (Å²) in [6, 6.07) is 10.2. The van der Waals surface area contributed by atoms with Gasteiger partial charge in [-0.25, -0.2) is 19.7 Å². The first-order valence-corrected chi connectivity index (χ1v) is 12.4. The second-order valence-electron chi connectivity index (χ2n) is 9.49. The molecule has 4 rings (SSSR count). The molecule has 4 heterocycles. The number of likely N-dealkylation sites (tertiary alicyclic amines) is 1. The Morgan fingerprint density at radius 1 is 1.18 bits per heavy atom. The number of aromatic nitrogens is 3. The van der Waals surface area contributed by atoms with Crippen LogP contribution in [0.5, 0.6) is 0 Å². The van der Waals surface area contributed by atoms with Crippen molar-refractivity contribution in [3.63, 3.8) is 0 Å². The van der Waals surface area contributed by atoms with Gasteiger partial charge in [-0.15, -0.1) is 11.3 Å². The molecule has 0 bridgehead atoms.